The number of carboxylic acids is 1. The summed E-state index contributed by atoms with van der Waals surface area (Å²) in [5, 5.41) is 10.3. The number of ether oxygens (including phenoxy) is 2. The smallest absolute Gasteiger partial charge is 0.323 e. The van der Waals surface area contributed by atoms with E-state index in [1.54, 1.807) is 36.4 Å². The van der Waals surface area contributed by atoms with E-state index in [1.807, 2.05) is 42.5 Å². The number of aliphatic carboxylic acids is 1. The first kappa shape index (κ1) is 30.5. The van der Waals surface area contributed by atoms with Crippen molar-refractivity contribution < 1.29 is 32.6 Å². The van der Waals surface area contributed by atoms with Crippen LogP contribution in [0.5, 0.6) is 5.75 Å². The molecule has 1 aliphatic rings. The van der Waals surface area contributed by atoms with Gasteiger partial charge in [-0.25, -0.2) is 8.42 Å². The van der Waals surface area contributed by atoms with Crippen LogP contribution in [-0.4, -0.2) is 62.6 Å². The average Bonchev–Trinajstić information content (AvgIpc) is 3.23. The minimum Gasteiger partial charge on any atom is -0.481 e. The molecule has 0 aromatic heterocycles. The molecular formula is C34H30N2O7S. The van der Waals surface area contributed by atoms with Crippen molar-refractivity contribution in [3.8, 4) is 28.7 Å². The predicted molar refractivity (Wildman–Crippen MR) is 166 cm³/mol. The average molecular weight is 611 g/mol. The van der Waals surface area contributed by atoms with Gasteiger partial charge in [-0.1, -0.05) is 78.6 Å². The molecule has 1 atom stereocenters. The quantitative estimate of drug-likeness (QED) is 0.288. The zero-order chi connectivity index (χ0) is 31.1. The van der Waals surface area contributed by atoms with E-state index in [2.05, 4.69) is 11.8 Å². The highest BCUT2D eigenvalue weighted by molar-refractivity contribution is 7.89. The number of amides is 1. The van der Waals surface area contributed by atoms with Crippen LogP contribution in [0.3, 0.4) is 0 Å². The normalized spacial score (nSPS) is 14.9. The zero-order valence-corrected chi connectivity index (χ0v) is 24.7. The Labute approximate surface area is 256 Å². The third-order valence-corrected chi connectivity index (χ3v) is 9.04. The van der Waals surface area contributed by atoms with Crippen LogP contribution in [0.15, 0.2) is 108 Å². The first-order valence-electron chi connectivity index (χ1n) is 13.8. The van der Waals surface area contributed by atoms with Gasteiger partial charge in [-0.05, 0) is 53.1 Å². The molecule has 0 saturated heterocycles. The summed E-state index contributed by atoms with van der Waals surface area (Å²) in [6, 6.07) is 27.5. The maximum atomic E-state index is 14.2. The van der Waals surface area contributed by atoms with Crippen molar-refractivity contribution in [1.82, 2.24) is 4.31 Å². The van der Waals surface area contributed by atoms with Crippen LogP contribution in [-0.2, 0) is 26.1 Å². The number of para-hydroxylation sites is 1. The molecule has 10 heteroatoms. The second-order valence-corrected chi connectivity index (χ2v) is 11.8. The Morgan fingerprint density at radius 1 is 0.864 bits per heavy atom. The molecule has 0 saturated carbocycles. The minimum atomic E-state index is -4.32. The molecule has 0 fully saturated rings. The fourth-order valence-corrected chi connectivity index (χ4v) is 6.57. The van der Waals surface area contributed by atoms with Gasteiger partial charge in [-0.15, -0.1) is 0 Å². The zero-order valence-electron chi connectivity index (χ0n) is 23.9. The molecular weight excluding hydrogens is 580 g/mol. The maximum absolute atomic E-state index is 14.2. The monoisotopic (exact) mass is 610 g/mol. The molecule has 0 spiro atoms. The van der Waals surface area contributed by atoms with Crippen LogP contribution < -0.4 is 9.64 Å². The van der Waals surface area contributed by atoms with Crippen LogP contribution >= 0.6 is 0 Å². The molecule has 0 bridgehead atoms. The number of carbonyl (C=O) groups excluding carboxylic acids is 1. The molecule has 4 aromatic rings. The number of carboxylic acid groups (broad SMARTS) is 1. The molecule has 1 aliphatic heterocycles. The van der Waals surface area contributed by atoms with Gasteiger partial charge in [-0.2, -0.15) is 4.31 Å². The lowest BCUT2D eigenvalue weighted by Gasteiger charge is -2.29. The first-order chi connectivity index (χ1) is 21.3. The molecule has 9 nitrogen and oxygen atoms in total. The Morgan fingerprint density at radius 3 is 2.25 bits per heavy atom. The summed E-state index contributed by atoms with van der Waals surface area (Å²) in [5.41, 5.74) is 2.83. The summed E-state index contributed by atoms with van der Waals surface area (Å²) < 4.78 is 39.3. The highest BCUT2D eigenvalue weighted by Crippen LogP contribution is 2.34. The number of nitrogens with zero attached hydrogens (tertiary/aromatic N) is 2. The van der Waals surface area contributed by atoms with Gasteiger partial charge >= 0.3 is 5.97 Å². The third-order valence-electron chi connectivity index (χ3n) is 7.17. The van der Waals surface area contributed by atoms with E-state index in [-0.39, 0.29) is 24.7 Å². The molecule has 44 heavy (non-hydrogen) atoms. The van der Waals surface area contributed by atoms with Gasteiger partial charge in [0.2, 0.25) is 10.0 Å². The molecule has 1 amide bonds. The van der Waals surface area contributed by atoms with Gasteiger partial charge in [0.05, 0.1) is 11.4 Å². The van der Waals surface area contributed by atoms with Crippen molar-refractivity contribution in [3.63, 3.8) is 0 Å². The number of rotatable bonds is 8. The van der Waals surface area contributed by atoms with E-state index in [0.717, 1.165) is 9.87 Å². The van der Waals surface area contributed by atoms with E-state index < -0.39 is 34.5 Å². The van der Waals surface area contributed by atoms with E-state index in [1.165, 1.54) is 36.3 Å². The highest BCUT2D eigenvalue weighted by atomic mass is 32.2. The highest BCUT2D eigenvalue weighted by Gasteiger charge is 2.42. The van der Waals surface area contributed by atoms with Crippen molar-refractivity contribution in [3.05, 3.63) is 114 Å². The number of methoxy groups -OCH3 is 1. The van der Waals surface area contributed by atoms with Gasteiger partial charge in [-0.3, -0.25) is 9.59 Å². The summed E-state index contributed by atoms with van der Waals surface area (Å²) in [7, 11) is -2.79. The SMILES string of the molecule is COCC#CCOc1ccc(S(=O)(=O)N2Cc3ccccc3N(C(=O)c3ccccc3-c3ccccc3)CC2C(=O)O)cc1. The van der Waals surface area contributed by atoms with E-state index in [0.29, 0.717) is 28.1 Å². The fraction of sp³-hybridized carbons (Fsp3) is 0.176. The second kappa shape index (κ2) is 13.6. The van der Waals surface area contributed by atoms with E-state index in [9.17, 15) is 23.1 Å². The lowest BCUT2D eigenvalue weighted by Crippen LogP contribution is -2.50. The molecule has 224 valence electrons. The number of hydrogen-bond donors (Lipinski definition) is 1. The molecule has 5 rings (SSSR count). The molecule has 1 heterocycles. The van der Waals surface area contributed by atoms with E-state index in [4.69, 9.17) is 9.47 Å². The summed E-state index contributed by atoms with van der Waals surface area (Å²) >= 11 is 0. The topological polar surface area (TPSA) is 113 Å². The molecule has 0 aliphatic carbocycles. The Morgan fingerprint density at radius 2 is 1.52 bits per heavy atom. The first-order valence-corrected chi connectivity index (χ1v) is 15.2. The Balaban J connectivity index is 1.49. The molecule has 1 N–H and O–H groups in total. The lowest BCUT2D eigenvalue weighted by atomic mass is 9.98. The maximum Gasteiger partial charge on any atom is 0.323 e. The van der Waals surface area contributed by atoms with Crippen LogP contribution in [0.4, 0.5) is 5.69 Å². The van der Waals surface area contributed by atoms with Crippen molar-refractivity contribution in [2.24, 2.45) is 0 Å². The number of benzene rings is 4. The summed E-state index contributed by atoms with van der Waals surface area (Å²) in [6.45, 7) is -0.272. The van der Waals surface area contributed by atoms with Crippen LogP contribution in [0.25, 0.3) is 11.1 Å². The minimum absolute atomic E-state index is 0.0940. The van der Waals surface area contributed by atoms with Crippen LogP contribution in [0.1, 0.15) is 15.9 Å². The third kappa shape index (κ3) is 6.50. The van der Waals surface area contributed by atoms with Crippen LogP contribution in [0, 0.1) is 11.8 Å². The largest absolute Gasteiger partial charge is 0.481 e. The van der Waals surface area contributed by atoms with Gasteiger partial charge < -0.3 is 19.5 Å². The van der Waals surface area contributed by atoms with Gasteiger partial charge in [0.15, 0.2) is 0 Å². The number of hydrogen-bond acceptors (Lipinski definition) is 6. The second-order valence-electron chi connectivity index (χ2n) is 9.91. The molecule has 0 radical (unpaired) electrons. The standard InChI is InChI=1S/C34H30N2O7S/c1-42-21-9-10-22-43-27-17-19-28(20-18-27)44(40,41)36-23-26-13-5-8-16-31(26)35(24-32(36)34(38)39)33(37)30-15-7-6-14-29(30)25-11-3-2-4-12-25/h2-8,11-20,32H,21-24H2,1H3,(H,38,39). The Kier molecular flexibility index (Phi) is 9.41. The predicted octanol–water partition coefficient (Wildman–Crippen LogP) is 4.69. The number of sulfonamides is 1. The summed E-state index contributed by atoms with van der Waals surface area (Å²) in [6.07, 6.45) is 0. The van der Waals surface area contributed by atoms with Crippen molar-refractivity contribution >= 4 is 27.6 Å². The van der Waals surface area contributed by atoms with Crippen LogP contribution in [0.2, 0.25) is 0 Å². The summed E-state index contributed by atoms with van der Waals surface area (Å²) in [4.78, 5) is 28.2. The van der Waals surface area contributed by atoms with Crippen molar-refractivity contribution in [2.75, 3.05) is 31.8 Å². The van der Waals surface area contributed by atoms with E-state index >= 15 is 0 Å². The van der Waals surface area contributed by atoms with Gasteiger partial charge in [0.1, 0.15) is 25.0 Å². The number of fused-ring (bicyclic) bond motifs is 1. The van der Waals surface area contributed by atoms with Gasteiger partial charge in [0, 0.05) is 24.9 Å². The fourth-order valence-electron chi connectivity index (χ4n) is 5.02. The van der Waals surface area contributed by atoms with Crippen molar-refractivity contribution in [1.29, 1.82) is 0 Å². The summed E-state index contributed by atoms with van der Waals surface area (Å²) in [5.74, 6) is 4.15. The van der Waals surface area contributed by atoms with Crippen molar-refractivity contribution in [2.45, 2.75) is 17.5 Å². The number of carbonyl (C=O) groups is 2. The molecule has 4 aromatic carbocycles. The van der Waals surface area contributed by atoms with Gasteiger partial charge in [0.25, 0.3) is 5.91 Å². The number of anilines is 1. The Bertz CT molecular complexity index is 1810. The Hall–Kier alpha value is -4.95. The molecule has 1 unspecified atom stereocenters. The lowest BCUT2D eigenvalue weighted by molar-refractivity contribution is -0.141.